The summed E-state index contributed by atoms with van der Waals surface area (Å²) in [6.07, 6.45) is -2.74. The molecule has 28 heavy (non-hydrogen) atoms. The number of piperidine rings is 1. The monoisotopic (exact) mass is 414 g/mol. The molecule has 0 radical (unpaired) electrons. The number of pyridine rings is 1. The maximum atomic E-state index is 12.7. The number of hydrogen-bond donors (Lipinski definition) is 0. The van der Waals surface area contributed by atoms with Crippen LogP contribution in [0.2, 0.25) is 5.02 Å². The van der Waals surface area contributed by atoms with E-state index < -0.39 is 11.7 Å². The Kier molecular flexibility index (Phi) is 5.98. The maximum absolute atomic E-state index is 12.7. The average molecular weight is 415 g/mol. The second-order valence-corrected chi connectivity index (χ2v) is 6.79. The van der Waals surface area contributed by atoms with Gasteiger partial charge in [-0.1, -0.05) is 11.6 Å². The van der Waals surface area contributed by atoms with Gasteiger partial charge in [-0.2, -0.15) is 13.2 Å². The van der Waals surface area contributed by atoms with E-state index in [0.717, 1.165) is 12.3 Å². The molecule has 0 spiro atoms. The van der Waals surface area contributed by atoms with Crippen LogP contribution in [0.25, 0.3) is 0 Å². The number of halogens is 4. The van der Waals surface area contributed by atoms with Gasteiger partial charge in [0.05, 0.1) is 23.6 Å². The van der Waals surface area contributed by atoms with Crippen molar-refractivity contribution in [1.29, 1.82) is 0 Å². The third-order valence-electron chi connectivity index (χ3n) is 4.55. The molecule has 0 unspecified atom stereocenters. The number of alkyl halides is 3. The molecule has 1 saturated heterocycles. The predicted molar refractivity (Wildman–Crippen MR) is 97.8 cm³/mol. The summed E-state index contributed by atoms with van der Waals surface area (Å²) in [4.78, 5) is 18.0. The lowest BCUT2D eigenvalue weighted by molar-refractivity contribution is -0.140. The summed E-state index contributed by atoms with van der Waals surface area (Å²) in [6, 6.07) is 7.57. The highest BCUT2D eigenvalue weighted by molar-refractivity contribution is 6.33. The molecule has 1 aromatic heterocycles. The molecule has 0 aliphatic carbocycles. The van der Waals surface area contributed by atoms with Gasteiger partial charge in [0.25, 0.3) is 0 Å². The molecule has 1 aromatic carbocycles. The van der Waals surface area contributed by atoms with E-state index in [1.165, 1.54) is 0 Å². The molecule has 9 heteroatoms. The van der Waals surface area contributed by atoms with Gasteiger partial charge in [0.15, 0.2) is 0 Å². The normalized spacial score (nSPS) is 15.4. The molecule has 1 aliphatic heterocycles. The molecule has 5 nitrogen and oxygen atoms in total. The van der Waals surface area contributed by atoms with Crippen LogP contribution in [0, 0.1) is 5.92 Å². The first kappa shape index (κ1) is 20.3. The van der Waals surface area contributed by atoms with E-state index in [1.807, 2.05) is 0 Å². The Morgan fingerprint density at radius 2 is 1.79 bits per heavy atom. The summed E-state index contributed by atoms with van der Waals surface area (Å²) in [5.74, 6) is 0.745. The Hall–Kier alpha value is -2.48. The van der Waals surface area contributed by atoms with Crippen LogP contribution in [0.1, 0.15) is 18.4 Å². The molecule has 0 bridgehead atoms. The minimum absolute atomic E-state index is 0.0610. The fraction of sp³-hybridized carbons (Fsp3) is 0.368. The van der Waals surface area contributed by atoms with Crippen LogP contribution >= 0.6 is 11.6 Å². The fourth-order valence-electron chi connectivity index (χ4n) is 2.99. The fourth-order valence-corrected chi connectivity index (χ4v) is 3.27. The summed E-state index contributed by atoms with van der Waals surface area (Å²) in [7, 11) is 1.55. The second kappa shape index (κ2) is 8.26. The van der Waals surface area contributed by atoms with Crippen LogP contribution in [0.15, 0.2) is 36.5 Å². The first-order valence-corrected chi connectivity index (χ1v) is 8.99. The van der Waals surface area contributed by atoms with E-state index in [1.54, 1.807) is 36.3 Å². The van der Waals surface area contributed by atoms with Gasteiger partial charge < -0.3 is 14.4 Å². The number of esters is 1. The smallest absolute Gasteiger partial charge is 0.417 e. The average Bonchev–Trinajstić information content (AvgIpc) is 2.68. The Morgan fingerprint density at radius 1 is 1.18 bits per heavy atom. The molecular formula is C19H18ClF3N2O3. The third-order valence-corrected chi connectivity index (χ3v) is 4.83. The molecule has 0 amide bonds. The molecule has 1 aliphatic rings. The lowest BCUT2D eigenvalue weighted by Gasteiger charge is -2.32. The molecule has 0 atom stereocenters. The number of carbonyl (C=O) groups is 1. The number of nitrogens with zero attached hydrogens (tertiary/aromatic N) is 2. The molecule has 150 valence electrons. The number of benzene rings is 1. The van der Waals surface area contributed by atoms with E-state index in [-0.39, 0.29) is 22.7 Å². The SMILES string of the molecule is COc1ccc(OC(=O)C2CCN(c3ncc(C(F)(F)F)cc3Cl)CC2)cc1. The summed E-state index contributed by atoms with van der Waals surface area (Å²) in [5, 5.41) is -0.0610. The molecule has 2 aromatic rings. The zero-order chi connectivity index (χ0) is 20.3. The number of anilines is 1. The van der Waals surface area contributed by atoms with Crippen molar-refractivity contribution >= 4 is 23.4 Å². The van der Waals surface area contributed by atoms with Crippen molar-refractivity contribution in [2.24, 2.45) is 5.92 Å². The van der Waals surface area contributed by atoms with Gasteiger partial charge in [-0.15, -0.1) is 0 Å². The lowest BCUT2D eigenvalue weighted by Crippen LogP contribution is -2.38. The number of aromatic nitrogens is 1. The van der Waals surface area contributed by atoms with Crippen LogP contribution < -0.4 is 14.4 Å². The van der Waals surface area contributed by atoms with Gasteiger partial charge in [-0.25, -0.2) is 4.98 Å². The van der Waals surface area contributed by atoms with Gasteiger partial charge in [0.1, 0.15) is 17.3 Å². The third kappa shape index (κ3) is 4.67. The van der Waals surface area contributed by atoms with Crippen LogP contribution in [0.5, 0.6) is 11.5 Å². The van der Waals surface area contributed by atoms with Crippen molar-refractivity contribution in [2.75, 3.05) is 25.1 Å². The highest BCUT2D eigenvalue weighted by atomic mass is 35.5. The Balaban J connectivity index is 1.58. The van der Waals surface area contributed by atoms with E-state index >= 15 is 0 Å². The lowest BCUT2D eigenvalue weighted by atomic mass is 9.97. The van der Waals surface area contributed by atoms with E-state index in [2.05, 4.69) is 4.98 Å². The Morgan fingerprint density at radius 3 is 2.32 bits per heavy atom. The highest BCUT2D eigenvalue weighted by Gasteiger charge is 2.33. The first-order valence-electron chi connectivity index (χ1n) is 8.61. The van der Waals surface area contributed by atoms with Crippen LogP contribution in [-0.4, -0.2) is 31.2 Å². The van der Waals surface area contributed by atoms with Crippen molar-refractivity contribution < 1.29 is 27.4 Å². The topological polar surface area (TPSA) is 51.7 Å². The highest BCUT2D eigenvalue weighted by Crippen LogP contribution is 2.34. The molecule has 0 N–H and O–H groups in total. The van der Waals surface area contributed by atoms with E-state index in [0.29, 0.717) is 37.4 Å². The van der Waals surface area contributed by atoms with Gasteiger partial charge in [-0.05, 0) is 43.2 Å². The number of rotatable bonds is 4. The predicted octanol–water partition coefficient (Wildman–Crippen LogP) is 4.58. The van der Waals surface area contributed by atoms with Crippen LogP contribution in [-0.2, 0) is 11.0 Å². The van der Waals surface area contributed by atoms with Crippen molar-refractivity contribution in [3.8, 4) is 11.5 Å². The van der Waals surface area contributed by atoms with E-state index in [9.17, 15) is 18.0 Å². The van der Waals surface area contributed by atoms with Gasteiger partial charge in [0.2, 0.25) is 0 Å². The number of ether oxygens (including phenoxy) is 2. The number of carbonyl (C=O) groups excluding carboxylic acids is 1. The largest absolute Gasteiger partial charge is 0.497 e. The first-order chi connectivity index (χ1) is 13.3. The van der Waals surface area contributed by atoms with Gasteiger partial charge >= 0.3 is 12.1 Å². The molecule has 2 heterocycles. The zero-order valence-corrected chi connectivity index (χ0v) is 15.8. The van der Waals surface area contributed by atoms with Crippen molar-refractivity contribution in [2.45, 2.75) is 19.0 Å². The second-order valence-electron chi connectivity index (χ2n) is 6.39. The minimum atomic E-state index is -4.49. The summed E-state index contributed by atoms with van der Waals surface area (Å²) in [5.41, 5.74) is -0.890. The summed E-state index contributed by atoms with van der Waals surface area (Å²) in [6.45, 7) is 0.890. The number of hydrogen-bond acceptors (Lipinski definition) is 5. The molecule has 3 rings (SSSR count). The Bertz CT molecular complexity index is 835. The molecular weight excluding hydrogens is 397 g/mol. The van der Waals surface area contributed by atoms with Crippen molar-refractivity contribution in [3.05, 3.63) is 47.1 Å². The van der Waals surface area contributed by atoms with Gasteiger partial charge in [0, 0.05) is 19.3 Å². The standard InChI is InChI=1S/C19H18ClF3N2O3/c1-27-14-2-4-15(5-3-14)28-18(26)12-6-8-25(9-7-12)17-16(20)10-13(11-24-17)19(21,22)23/h2-5,10-12H,6-9H2,1H3. The minimum Gasteiger partial charge on any atom is -0.497 e. The molecule has 1 fully saturated rings. The van der Waals surface area contributed by atoms with Crippen LogP contribution in [0.3, 0.4) is 0 Å². The van der Waals surface area contributed by atoms with Crippen molar-refractivity contribution in [1.82, 2.24) is 4.98 Å². The number of methoxy groups -OCH3 is 1. The molecule has 0 saturated carbocycles. The summed E-state index contributed by atoms with van der Waals surface area (Å²) >= 11 is 5.99. The summed E-state index contributed by atoms with van der Waals surface area (Å²) < 4.78 is 48.6. The zero-order valence-electron chi connectivity index (χ0n) is 15.0. The maximum Gasteiger partial charge on any atom is 0.417 e. The quantitative estimate of drug-likeness (QED) is 0.541. The van der Waals surface area contributed by atoms with E-state index in [4.69, 9.17) is 21.1 Å². The Labute approximate surface area is 165 Å². The van der Waals surface area contributed by atoms with Crippen molar-refractivity contribution in [3.63, 3.8) is 0 Å². The van der Waals surface area contributed by atoms with Gasteiger partial charge in [-0.3, -0.25) is 4.79 Å². The van der Waals surface area contributed by atoms with Crippen LogP contribution in [0.4, 0.5) is 19.0 Å².